The third-order valence-electron chi connectivity index (χ3n) is 1.97. The molecule has 0 aliphatic heterocycles. The zero-order valence-electron chi connectivity index (χ0n) is 9.00. The molecule has 0 saturated carbocycles. The van der Waals surface area contributed by atoms with Crippen molar-refractivity contribution in [3.8, 4) is 0 Å². The largest absolute Gasteiger partial charge is 1.00 e. The zero-order valence-corrected chi connectivity index (χ0v) is 11.0. The number of nitroso groups, excluding NO2 is 1. The van der Waals surface area contributed by atoms with Gasteiger partial charge in [-0.2, -0.15) is 0 Å². The van der Waals surface area contributed by atoms with Crippen molar-refractivity contribution in [1.82, 2.24) is 0 Å². The molecule has 2 aromatic rings. The van der Waals surface area contributed by atoms with Crippen molar-refractivity contribution in [3.63, 3.8) is 0 Å². The van der Waals surface area contributed by atoms with E-state index in [2.05, 4.69) is 10.5 Å². The second kappa shape index (κ2) is 6.43. The molecular formula is C12H9N2NaO. The number of hydrogen-bond donors (Lipinski definition) is 0. The second-order valence-corrected chi connectivity index (χ2v) is 3.06. The predicted molar refractivity (Wildman–Crippen MR) is 61.0 cm³/mol. The fraction of sp³-hybridized carbons (Fsp3) is 0. The molecule has 0 aliphatic rings. The molecule has 16 heavy (non-hydrogen) atoms. The first kappa shape index (κ1) is 12.9. The van der Waals surface area contributed by atoms with Crippen LogP contribution >= 0.6 is 0 Å². The van der Waals surface area contributed by atoms with Gasteiger partial charge in [0.25, 0.3) is 0 Å². The Morgan fingerprint density at radius 2 is 1.38 bits per heavy atom. The molecule has 3 nitrogen and oxygen atoms in total. The van der Waals surface area contributed by atoms with E-state index < -0.39 is 0 Å². The molecule has 0 heterocycles. The average molecular weight is 220 g/mol. The molecule has 0 aliphatic carbocycles. The number of benzene rings is 2. The molecular weight excluding hydrogens is 211 g/mol. The monoisotopic (exact) mass is 220 g/mol. The van der Waals surface area contributed by atoms with Gasteiger partial charge in [-0.1, -0.05) is 42.5 Å². The van der Waals surface area contributed by atoms with E-state index in [9.17, 15) is 4.91 Å². The number of para-hydroxylation sites is 1. The van der Waals surface area contributed by atoms with Gasteiger partial charge in [-0.05, 0) is 17.3 Å². The molecule has 2 aromatic carbocycles. The van der Waals surface area contributed by atoms with Crippen LogP contribution in [-0.4, -0.2) is 0 Å². The normalized spacial score (nSPS) is 9.00. The predicted octanol–water partition coefficient (Wildman–Crippen LogP) is 1.43. The van der Waals surface area contributed by atoms with E-state index >= 15 is 0 Å². The van der Waals surface area contributed by atoms with Crippen LogP contribution in [0.2, 0.25) is 0 Å². The van der Waals surface area contributed by atoms with Gasteiger partial charge in [0.1, 0.15) is 5.69 Å². The Morgan fingerprint density at radius 3 is 1.94 bits per heavy atom. The van der Waals surface area contributed by atoms with Gasteiger partial charge in [-0.3, -0.25) is 0 Å². The SMILES string of the molecule is O=Nc1ccc([N-]c2ccccc2)cc1.[Na+]. The van der Waals surface area contributed by atoms with Crippen LogP contribution in [0.3, 0.4) is 0 Å². The molecule has 0 bridgehead atoms. The average Bonchev–Trinajstić information content (AvgIpc) is 2.31. The molecule has 4 heteroatoms. The first-order chi connectivity index (χ1) is 7.38. The molecule has 0 amide bonds. The van der Waals surface area contributed by atoms with Gasteiger partial charge < -0.3 is 5.32 Å². The van der Waals surface area contributed by atoms with Gasteiger partial charge in [0, 0.05) is 0 Å². The van der Waals surface area contributed by atoms with Crippen molar-refractivity contribution in [2.24, 2.45) is 5.18 Å². The van der Waals surface area contributed by atoms with Crippen molar-refractivity contribution in [1.29, 1.82) is 0 Å². The maximum Gasteiger partial charge on any atom is 1.00 e. The van der Waals surface area contributed by atoms with Gasteiger partial charge in [-0.25, -0.2) is 0 Å². The summed E-state index contributed by atoms with van der Waals surface area (Å²) in [6, 6.07) is 16.5. The summed E-state index contributed by atoms with van der Waals surface area (Å²) in [5.41, 5.74) is 2.12. The van der Waals surface area contributed by atoms with Crippen molar-refractivity contribution in [3.05, 3.63) is 64.8 Å². The molecule has 0 saturated heterocycles. The van der Waals surface area contributed by atoms with Crippen LogP contribution in [0.4, 0.5) is 17.1 Å². The number of hydrogen-bond acceptors (Lipinski definition) is 2. The summed E-state index contributed by atoms with van der Waals surface area (Å²) in [5, 5.41) is 7.20. The van der Waals surface area contributed by atoms with E-state index in [0.29, 0.717) is 5.69 Å². The van der Waals surface area contributed by atoms with E-state index in [4.69, 9.17) is 0 Å². The summed E-state index contributed by atoms with van der Waals surface area (Å²) < 4.78 is 0. The van der Waals surface area contributed by atoms with Crippen LogP contribution in [0.15, 0.2) is 59.8 Å². The molecule has 0 fully saturated rings. The van der Waals surface area contributed by atoms with E-state index in [1.54, 1.807) is 24.3 Å². The van der Waals surface area contributed by atoms with E-state index in [1.807, 2.05) is 30.3 Å². The number of rotatable bonds is 3. The molecule has 0 unspecified atom stereocenters. The molecule has 0 atom stereocenters. The Balaban J connectivity index is 0.00000128. The topological polar surface area (TPSA) is 43.5 Å². The Labute approximate surface area is 116 Å². The van der Waals surface area contributed by atoms with Gasteiger partial charge in [-0.15, -0.1) is 16.3 Å². The van der Waals surface area contributed by atoms with Gasteiger partial charge in [0.05, 0.1) is 0 Å². The van der Waals surface area contributed by atoms with Gasteiger partial charge in [0.2, 0.25) is 0 Å². The smallest absolute Gasteiger partial charge is 0.658 e. The van der Waals surface area contributed by atoms with Crippen LogP contribution in [0.1, 0.15) is 0 Å². The third-order valence-corrected chi connectivity index (χ3v) is 1.97. The zero-order chi connectivity index (χ0) is 10.5. The van der Waals surface area contributed by atoms with E-state index in [-0.39, 0.29) is 29.6 Å². The minimum atomic E-state index is 0. The van der Waals surface area contributed by atoms with Crippen LogP contribution in [-0.2, 0) is 0 Å². The standard InChI is InChI=1S/C12H10N2O.Na/c15-14-12-8-6-11(7-9-12)13-10-4-2-1-3-5-10;/h1-9H,(H,13,15);/q;+1/p-1. The van der Waals surface area contributed by atoms with Crippen LogP contribution < -0.4 is 29.6 Å². The third kappa shape index (κ3) is 3.45. The maximum absolute atomic E-state index is 10.2. The first-order valence-corrected chi connectivity index (χ1v) is 4.59. The molecule has 0 N–H and O–H groups in total. The molecule has 0 radical (unpaired) electrons. The Kier molecular flexibility index (Phi) is 5.19. The summed E-state index contributed by atoms with van der Waals surface area (Å²) in [6.45, 7) is 0. The Bertz CT molecular complexity index is 442. The minimum Gasteiger partial charge on any atom is -0.658 e. The fourth-order valence-corrected chi connectivity index (χ4v) is 1.24. The summed E-state index contributed by atoms with van der Waals surface area (Å²) in [4.78, 5) is 10.2. The molecule has 74 valence electrons. The fourth-order valence-electron chi connectivity index (χ4n) is 1.24. The molecule has 0 spiro atoms. The van der Waals surface area contributed by atoms with Gasteiger partial charge in [0.15, 0.2) is 0 Å². The number of nitrogens with zero attached hydrogens (tertiary/aromatic N) is 2. The second-order valence-electron chi connectivity index (χ2n) is 3.06. The van der Waals surface area contributed by atoms with E-state index in [1.165, 1.54) is 0 Å². The minimum absolute atomic E-state index is 0. The Morgan fingerprint density at radius 1 is 0.812 bits per heavy atom. The van der Waals surface area contributed by atoms with Crippen LogP contribution in [0.25, 0.3) is 5.32 Å². The molecule has 2 rings (SSSR count). The van der Waals surface area contributed by atoms with Crippen molar-refractivity contribution >= 4 is 17.1 Å². The van der Waals surface area contributed by atoms with Crippen molar-refractivity contribution < 1.29 is 29.6 Å². The summed E-state index contributed by atoms with van der Waals surface area (Å²) >= 11 is 0. The van der Waals surface area contributed by atoms with Crippen LogP contribution in [0.5, 0.6) is 0 Å². The quantitative estimate of drug-likeness (QED) is 0.570. The first-order valence-electron chi connectivity index (χ1n) is 4.59. The molecule has 0 aromatic heterocycles. The van der Waals surface area contributed by atoms with Crippen LogP contribution in [0, 0.1) is 4.91 Å². The summed E-state index contributed by atoms with van der Waals surface area (Å²) in [7, 11) is 0. The maximum atomic E-state index is 10.2. The van der Waals surface area contributed by atoms with Crippen molar-refractivity contribution in [2.45, 2.75) is 0 Å². The summed E-state index contributed by atoms with van der Waals surface area (Å²) in [5.74, 6) is 0. The summed E-state index contributed by atoms with van der Waals surface area (Å²) in [6.07, 6.45) is 0. The van der Waals surface area contributed by atoms with E-state index in [0.717, 1.165) is 11.4 Å². The van der Waals surface area contributed by atoms with Crippen molar-refractivity contribution in [2.75, 3.05) is 0 Å². The van der Waals surface area contributed by atoms with Gasteiger partial charge >= 0.3 is 29.6 Å². The Hall–Kier alpha value is -1.16.